The molecule has 0 heterocycles. The number of rotatable bonds is 4. The van der Waals surface area contributed by atoms with Gasteiger partial charge in [0.15, 0.2) is 0 Å². The highest BCUT2D eigenvalue weighted by atomic mass is 16.5. The highest BCUT2D eigenvalue weighted by molar-refractivity contribution is 5.99. The molecule has 0 aromatic heterocycles. The fourth-order valence-electron chi connectivity index (χ4n) is 2.72. The van der Waals surface area contributed by atoms with Gasteiger partial charge in [0.25, 0.3) is 5.91 Å². The number of nitrogen functional groups attached to an aromatic ring is 1. The molecular formula is C15H20N2O4. The molecule has 2 unspecified atom stereocenters. The Bertz CT molecular complexity index is 544. The summed E-state index contributed by atoms with van der Waals surface area (Å²) in [6, 6.07) is 4.47. The van der Waals surface area contributed by atoms with Gasteiger partial charge in [0.1, 0.15) is 5.75 Å². The van der Waals surface area contributed by atoms with Crippen molar-refractivity contribution >= 4 is 17.6 Å². The number of methoxy groups -OCH3 is 1. The molecule has 0 radical (unpaired) electrons. The molecule has 0 aliphatic heterocycles. The molecule has 1 aromatic rings. The highest BCUT2D eigenvalue weighted by Crippen LogP contribution is 2.26. The number of benzene rings is 1. The van der Waals surface area contributed by atoms with Gasteiger partial charge in [-0.25, -0.2) is 0 Å². The highest BCUT2D eigenvalue weighted by Gasteiger charge is 2.32. The topological polar surface area (TPSA) is 102 Å². The van der Waals surface area contributed by atoms with E-state index in [1.807, 2.05) is 0 Å². The largest absolute Gasteiger partial charge is 0.497 e. The molecule has 2 rings (SSSR count). The second-order valence-electron chi connectivity index (χ2n) is 5.26. The Morgan fingerprint density at radius 1 is 1.33 bits per heavy atom. The van der Waals surface area contributed by atoms with E-state index in [1.54, 1.807) is 18.2 Å². The van der Waals surface area contributed by atoms with Crippen molar-refractivity contribution in [1.82, 2.24) is 5.32 Å². The van der Waals surface area contributed by atoms with Gasteiger partial charge in [-0.3, -0.25) is 9.59 Å². The molecule has 1 amide bonds. The van der Waals surface area contributed by atoms with Gasteiger partial charge < -0.3 is 20.9 Å². The van der Waals surface area contributed by atoms with Gasteiger partial charge in [0.2, 0.25) is 0 Å². The number of ether oxygens (including phenoxy) is 1. The number of aliphatic carboxylic acids is 1. The Kier molecular flexibility index (Phi) is 4.67. The van der Waals surface area contributed by atoms with E-state index < -0.39 is 11.9 Å². The summed E-state index contributed by atoms with van der Waals surface area (Å²) in [5, 5.41) is 12.0. The maximum absolute atomic E-state index is 12.3. The maximum Gasteiger partial charge on any atom is 0.308 e. The first-order valence-electron chi connectivity index (χ1n) is 7.00. The van der Waals surface area contributed by atoms with Crippen molar-refractivity contribution in [3.8, 4) is 5.75 Å². The molecule has 0 bridgehead atoms. The van der Waals surface area contributed by atoms with Crippen molar-refractivity contribution in [2.75, 3.05) is 12.8 Å². The minimum Gasteiger partial charge on any atom is -0.497 e. The molecular weight excluding hydrogens is 272 g/mol. The zero-order valence-electron chi connectivity index (χ0n) is 12.0. The van der Waals surface area contributed by atoms with Crippen molar-refractivity contribution in [1.29, 1.82) is 0 Å². The minimum atomic E-state index is -0.859. The van der Waals surface area contributed by atoms with Gasteiger partial charge in [0.05, 0.1) is 18.6 Å². The van der Waals surface area contributed by atoms with Crippen LogP contribution in [0.2, 0.25) is 0 Å². The molecule has 0 saturated heterocycles. The molecule has 1 saturated carbocycles. The van der Waals surface area contributed by atoms with Crippen LogP contribution < -0.4 is 15.8 Å². The number of carbonyl (C=O) groups excluding carboxylic acids is 1. The van der Waals surface area contributed by atoms with Crippen LogP contribution in [0.1, 0.15) is 36.0 Å². The molecule has 2 atom stereocenters. The number of carboxylic acids is 1. The van der Waals surface area contributed by atoms with E-state index in [2.05, 4.69) is 5.32 Å². The fraction of sp³-hybridized carbons (Fsp3) is 0.467. The molecule has 1 aromatic carbocycles. The average molecular weight is 292 g/mol. The standard InChI is InChI=1S/C15H20N2O4/c1-21-9-6-7-10(12(16)8-9)14(18)17-13-5-3-2-4-11(13)15(19)20/h6-8,11,13H,2-5,16H2,1H3,(H,17,18)(H,19,20). The molecule has 0 spiro atoms. The summed E-state index contributed by atoms with van der Waals surface area (Å²) in [6.45, 7) is 0. The molecule has 4 N–H and O–H groups in total. The first kappa shape index (κ1) is 15.2. The van der Waals surface area contributed by atoms with Crippen LogP contribution in [0.15, 0.2) is 18.2 Å². The second kappa shape index (κ2) is 6.47. The Morgan fingerprint density at radius 2 is 2.05 bits per heavy atom. The number of nitrogens with two attached hydrogens (primary N) is 1. The van der Waals surface area contributed by atoms with Gasteiger partial charge in [-0.15, -0.1) is 0 Å². The summed E-state index contributed by atoms with van der Waals surface area (Å²) in [4.78, 5) is 23.5. The number of hydrogen-bond donors (Lipinski definition) is 3. The summed E-state index contributed by atoms with van der Waals surface area (Å²) >= 11 is 0. The van der Waals surface area contributed by atoms with Gasteiger partial charge in [-0.2, -0.15) is 0 Å². The van der Waals surface area contributed by atoms with Crippen molar-refractivity contribution in [3.05, 3.63) is 23.8 Å². The minimum absolute atomic E-state index is 0.314. The predicted octanol–water partition coefficient (Wildman–Crippen LogP) is 1.65. The Morgan fingerprint density at radius 3 is 2.67 bits per heavy atom. The fourth-order valence-corrected chi connectivity index (χ4v) is 2.72. The number of nitrogens with one attached hydrogen (secondary N) is 1. The van der Waals surface area contributed by atoms with E-state index in [0.717, 1.165) is 12.8 Å². The lowest BCUT2D eigenvalue weighted by molar-refractivity contribution is -0.143. The SMILES string of the molecule is COc1ccc(C(=O)NC2CCCCC2C(=O)O)c(N)c1. The summed E-state index contributed by atoms with van der Waals surface area (Å²) in [5.74, 6) is -1.15. The van der Waals surface area contributed by atoms with Crippen LogP contribution in [0, 0.1) is 5.92 Å². The molecule has 1 aliphatic carbocycles. The summed E-state index contributed by atoms with van der Waals surface area (Å²) in [5.41, 5.74) is 6.49. The number of amides is 1. The Labute approximate surface area is 123 Å². The number of hydrogen-bond acceptors (Lipinski definition) is 4. The van der Waals surface area contributed by atoms with Gasteiger partial charge in [0, 0.05) is 17.8 Å². The van der Waals surface area contributed by atoms with Gasteiger partial charge >= 0.3 is 5.97 Å². The first-order valence-corrected chi connectivity index (χ1v) is 7.00. The van der Waals surface area contributed by atoms with Crippen molar-refractivity contribution in [2.24, 2.45) is 5.92 Å². The lowest BCUT2D eigenvalue weighted by Gasteiger charge is -2.29. The normalized spacial score (nSPS) is 21.6. The van der Waals surface area contributed by atoms with E-state index in [9.17, 15) is 14.7 Å². The third kappa shape index (κ3) is 3.45. The second-order valence-corrected chi connectivity index (χ2v) is 5.26. The number of carbonyl (C=O) groups is 2. The van der Waals surface area contributed by atoms with Gasteiger partial charge in [-0.1, -0.05) is 12.8 Å². The predicted molar refractivity (Wildman–Crippen MR) is 78.3 cm³/mol. The van der Waals surface area contributed by atoms with Crippen LogP contribution >= 0.6 is 0 Å². The van der Waals surface area contributed by atoms with Crippen LogP contribution in [0.4, 0.5) is 5.69 Å². The average Bonchev–Trinajstić information content (AvgIpc) is 2.47. The Hall–Kier alpha value is -2.24. The molecule has 1 fully saturated rings. The zero-order valence-corrected chi connectivity index (χ0v) is 12.0. The van der Waals surface area contributed by atoms with Crippen molar-refractivity contribution in [2.45, 2.75) is 31.7 Å². The number of carboxylic acid groups (broad SMARTS) is 1. The van der Waals surface area contributed by atoms with E-state index in [1.165, 1.54) is 7.11 Å². The van der Waals surface area contributed by atoms with Crippen LogP contribution in [0.25, 0.3) is 0 Å². The molecule has 6 heteroatoms. The van der Waals surface area contributed by atoms with E-state index in [-0.39, 0.29) is 11.9 Å². The van der Waals surface area contributed by atoms with E-state index in [0.29, 0.717) is 29.8 Å². The van der Waals surface area contributed by atoms with Crippen LogP contribution in [0.3, 0.4) is 0 Å². The molecule has 6 nitrogen and oxygen atoms in total. The van der Waals surface area contributed by atoms with Crippen molar-refractivity contribution < 1.29 is 19.4 Å². The molecule has 1 aliphatic rings. The Balaban J connectivity index is 2.11. The quantitative estimate of drug-likeness (QED) is 0.732. The zero-order chi connectivity index (χ0) is 15.4. The summed E-state index contributed by atoms with van der Waals surface area (Å²) in [7, 11) is 1.52. The maximum atomic E-state index is 12.3. The summed E-state index contributed by atoms with van der Waals surface area (Å²) < 4.78 is 5.04. The summed E-state index contributed by atoms with van der Waals surface area (Å²) in [6.07, 6.45) is 3.08. The van der Waals surface area contributed by atoms with Crippen LogP contribution in [0.5, 0.6) is 5.75 Å². The lowest BCUT2D eigenvalue weighted by Crippen LogP contribution is -2.45. The third-order valence-electron chi connectivity index (χ3n) is 3.90. The first-order chi connectivity index (χ1) is 10.0. The van der Waals surface area contributed by atoms with Crippen LogP contribution in [-0.2, 0) is 4.79 Å². The van der Waals surface area contributed by atoms with Gasteiger partial charge in [-0.05, 0) is 25.0 Å². The number of anilines is 1. The van der Waals surface area contributed by atoms with E-state index in [4.69, 9.17) is 10.5 Å². The lowest BCUT2D eigenvalue weighted by atomic mass is 9.84. The monoisotopic (exact) mass is 292 g/mol. The van der Waals surface area contributed by atoms with Crippen LogP contribution in [-0.4, -0.2) is 30.1 Å². The third-order valence-corrected chi connectivity index (χ3v) is 3.90. The molecule has 114 valence electrons. The van der Waals surface area contributed by atoms with Crippen molar-refractivity contribution in [3.63, 3.8) is 0 Å². The molecule has 21 heavy (non-hydrogen) atoms. The smallest absolute Gasteiger partial charge is 0.308 e. The van der Waals surface area contributed by atoms with E-state index >= 15 is 0 Å².